The summed E-state index contributed by atoms with van der Waals surface area (Å²) in [5.41, 5.74) is 4.05. The summed E-state index contributed by atoms with van der Waals surface area (Å²) in [6.07, 6.45) is 0.632. The third-order valence-corrected chi connectivity index (χ3v) is 4.62. The average Bonchev–Trinajstić information content (AvgIpc) is 2.67. The van der Waals surface area contributed by atoms with Gasteiger partial charge in [0.05, 0.1) is 0 Å². The summed E-state index contributed by atoms with van der Waals surface area (Å²) in [6.45, 7) is 3.85. The van der Waals surface area contributed by atoms with Gasteiger partial charge in [0, 0.05) is 17.1 Å². The highest BCUT2D eigenvalue weighted by atomic mass is 35.5. The first kappa shape index (κ1) is 19.4. The second kappa shape index (κ2) is 9.54. The molecule has 0 spiro atoms. The molecule has 0 heterocycles. The first-order chi connectivity index (χ1) is 13.1. The van der Waals surface area contributed by atoms with E-state index in [1.807, 2.05) is 30.3 Å². The molecule has 0 aliphatic carbocycles. The van der Waals surface area contributed by atoms with Crippen molar-refractivity contribution in [3.05, 3.63) is 99.8 Å². The Morgan fingerprint density at radius 1 is 0.963 bits per heavy atom. The molecule has 0 saturated heterocycles. The van der Waals surface area contributed by atoms with Crippen molar-refractivity contribution in [1.82, 2.24) is 5.32 Å². The van der Waals surface area contributed by atoms with E-state index >= 15 is 0 Å². The highest BCUT2D eigenvalue weighted by Crippen LogP contribution is 2.24. The summed E-state index contributed by atoms with van der Waals surface area (Å²) in [4.78, 5) is 0. The minimum absolute atomic E-state index is 0.163. The smallest absolute Gasteiger partial charge is 0.126 e. The lowest BCUT2D eigenvalue weighted by molar-refractivity contribution is 0.302. The molecule has 0 aliphatic rings. The Balaban J connectivity index is 1.57. The molecule has 4 heteroatoms. The van der Waals surface area contributed by atoms with Gasteiger partial charge in [-0.3, -0.25) is 0 Å². The third-order valence-electron chi connectivity index (χ3n) is 4.38. The standard InChI is InChI=1S/C23H23ClFNO/c1-17-6-8-18(9-7-17)16-27-23-11-10-21(24)14-20(23)15-26-13-12-19-4-2-3-5-22(19)25/h2-11,14,26H,12-13,15-16H2,1H3. The molecule has 2 nitrogen and oxygen atoms in total. The van der Waals surface area contributed by atoms with Crippen LogP contribution in [0.4, 0.5) is 4.39 Å². The molecule has 0 fully saturated rings. The van der Waals surface area contributed by atoms with E-state index in [0.717, 1.165) is 16.9 Å². The zero-order valence-electron chi connectivity index (χ0n) is 15.3. The lowest BCUT2D eigenvalue weighted by atomic mass is 10.1. The van der Waals surface area contributed by atoms with Crippen LogP contribution in [-0.4, -0.2) is 6.54 Å². The van der Waals surface area contributed by atoms with Gasteiger partial charge in [-0.05, 0) is 55.3 Å². The molecule has 0 saturated carbocycles. The van der Waals surface area contributed by atoms with Crippen LogP contribution in [0.1, 0.15) is 22.3 Å². The van der Waals surface area contributed by atoms with E-state index in [-0.39, 0.29) is 5.82 Å². The van der Waals surface area contributed by atoms with Crippen LogP contribution in [0.25, 0.3) is 0 Å². The normalized spacial score (nSPS) is 10.8. The first-order valence-electron chi connectivity index (χ1n) is 9.03. The summed E-state index contributed by atoms with van der Waals surface area (Å²) in [7, 11) is 0. The maximum Gasteiger partial charge on any atom is 0.126 e. The van der Waals surface area contributed by atoms with Gasteiger partial charge in [-0.2, -0.15) is 0 Å². The molecular weight excluding hydrogens is 361 g/mol. The van der Waals surface area contributed by atoms with Crippen LogP contribution in [0.15, 0.2) is 66.7 Å². The minimum atomic E-state index is -0.163. The highest BCUT2D eigenvalue weighted by molar-refractivity contribution is 6.30. The number of halogens is 2. The van der Waals surface area contributed by atoms with Crippen molar-refractivity contribution in [3.8, 4) is 5.75 Å². The second-order valence-electron chi connectivity index (χ2n) is 6.54. The number of rotatable bonds is 8. The van der Waals surface area contributed by atoms with Crippen LogP contribution in [0.3, 0.4) is 0 Å². The van der Waals surface area contributed by atoms with E-state index in [9.17, 15) is 4.39 Å². The Morgan fingerprint density at radius 3 is 2.52 bits per heavy atom. The number of aryl methyl sites for hydroxylation is 1. The van der Waals surface area contributed by atoms with Crippen molar-refractivity contribution >= 4 is 11.6 Å². The summed E-state index contributed by atoms with van der Waals surface area (Å²) in [6, 6.07) is 20.8. The number of ether oxygens (including phenoxy) is 1. The van der Waals surface area contributed by atoms with E-state index in [4.69, 9.17) is 16.3 Å². The average molecular weight is 384 g/mol. The van der Waals surface area contributed by atoms with Crippen molar-refractivity contribution in [2.75, 3.05) is 6.54 Å². The molecule has 0 radical (unpaired) electrons. The van der Waals surface area contributed by atoms with E-state index < -0.39 is 0 Å². The summed E-state index contributed by atoms with van der Waals surface area (Å²) < 4.78 is 19.7. The van der Waals surface area contributed by atoms with Gasteiger partial charge in [-0.25, -0.2) is 4.39 Å². The lowest BCUT2D eigenvalue weighted by Gasteiger charge is -2.13. The van der Waals surface area contributed by atoms with Gasteiger partial charge in [0.1, 0.15) is 18.2 Å². The lowest BCUT2D eigenvalue weighted by Crippen LogP contribution is -2.17. The maximum atomic E-state index is 13.7. The molecule has 3 aromatic rings. The number of hydrogen-bond acceptors (Lipinski definition) is 2. The second-order valence-corrected chi connectivity index (χ2v) is 6.98. The van der Waals surface area contributed by atoms with Crippen LogP contribution < -0.4 is 10.1 Å². The Morgan fingerprint density at radius 2 is 1.74 bits per heavy atom. The van der Waals surface area contributed by atoms with Crippen LogP contribution in [0.2, 0.25) is 5.02 Å². The van der Waals surface area contributed by atoms with Crippen molar-refractivity contribution in [2.45, 2.75) is 26.5 Å². The Bertz CT molecular complexity index is 880. The molecule has 27 heavy (non-hydrogen) atoms. The number of nitrogens with one attached hydrogen (secondary N) is 1. The predicted octanol–water partition coefficient (Wildman–Crippen LogP) is 5.70. The Hall–Kier alpha value is -2.36. The van der Waals surface area contributed by atoms with Gasteiger partial charge in [-0.1, -0.05) is 59.6 Å². The third kappa shape index (κ3) is 5.81. The van der Waals surface area contributed by atoms with Gasteiger partial charge >= 0.3 is 0 Å². The monoisotopic (exact) mass is 383 g/mol. The van der Waals surface area contributed by atoms with Gasteiger partial charge in [0.2, 0.25) is 0 Å². The molecule has 0 aromatic heterocycles. The van der Waals surface area contributed by atoms with Gasteiger partial charge in [0.15, 0.2) is 0 Å². The van der Waals surface area contributed by atoms with Crippen LogP contribution in [0, 0.1) is 12.7 Å². The summed E-state index contributed by atoms with van der Waals surface area (Å²) >= 11 is 6.15. The Labute approximate surface area is 165 Å². The zero-order chi connectivity index (χ0) is 19.1. The van der Waals surface area contributed by atoms with Crippen LogP contribution >= 0.6 is 11.6 Å². The molecule has 0 bridgehead atoms. The zero-order valence-corrected chi connectivity index (χ0v) is 16.1. The summed E-state index contributed by atoms with van der Waals surface area (Å²) in [5.74, 6) is 0.641. The molecule has 3 rings (SSSR count). The fraction of sp³-hybridized carbons (Fsp3) is 0.217. The van der Waals surface area contributed by atoms with E-state index in [0.29, 0.717) is 36.7 Å². The van der Waals surface area contributed by atoms with Crippen LogP contribution in [-0.2, 0) is 19.6 Å². The largest absolute Gasteiger partial charge is 0.489 e. The van der Waals surface area contributed by atoms with E-state index in [2.05, 4.69) is 36.5 Å². The van der Waals surface area contributed by atoms with E-state index in [1.165, 1.54) is 11.6 Å². The molecular formula is C23H23ClFNO. The van der Waals surface area contributed by atoms with Crippen LogP contribution in [0.5, 0.6) is 5.75 Å². The molecule has 140 valence electrons. The van der Waals surface area contributed by atoms with Gasteiger partial charge < -0.3 is 10.1 Å². The van der Waals surface area contributed by atoms with Gasteiger partial charge in [-0.15, -0.1) is 0 Å². The first-order valence-corrected chi connectivity index (χ1v) is 9.40. The van der Waals surface area contributed by atoms with Crippen molar-refractivity contribution < 1.29 is 9.13 Å². The molecule has 0 amide bonds. The fourth-order valence-corrected chi connectivity index (χ4v) is 3.01. The fourth-order valence-electron chi connectivity index (χ4n) is 2.82. The quantitative estimate of drug-likeness (QED) is 0.504. The topological polar surface area (TPSA) is 21.3 Å². The van der Waals surface area contributed by atoms with Crippen molar-refractivity contribution in [3.63, 3.8) is 0 Å². The minimum Gasteiger partial charge on any atom is -0.489 e. The van der Waals surface area contributed by atoms with E-state index in [1.54, 1.807) is 6.07 Å². The van der Waals surface area contributed by atoms with Crippen molar-refractivity contribution in [2.24, 2.45) is 0 Å². The molecule has 0 unspecified atom stereocenters. The van der Waals surface area contributed by atoms with Gasteiger partial charge in [0.25, 0.3) is 0 Å². The SMILES string of the molecule is Cc1ccc(COc2ccc(Cl)cc2CNCCc2ccccc2F)cc1. The molecule has 1 N–H and O–H groups in total. The number of hydrogen-bond donors (Lipinski definition) is 1. The van der Waals surface area contributed by atoms with Crippen molar-refractivity contribution in [1.29, 1.82) is 0 Å². The molecule has 3 aromatic carbocycles. The highest BCUT2D eigenvalue weighted by Gasteiger charge is 2.06. The molecule has 0 aliphatic heterocycles. The summed E-state index contributed by atoms with van der Waals surface area (Å²) in [5, 5.41) is 4.02. The maximum absolute atomic E-state index is 13.7. The Kier molecular flexibility index (Phi) is 6.86. The molecule has 0 atom stereocenters. The number of benzene rings is 3. The predicted molar refractivity (Wildman–Crippen MR) is 109 cm³/mol.